The van der Waals surface area contributed by atoms with Crippen molar-refractivity contribution in [1.82, 2.24) is 14.9 Å². The summed E-state index contributed by atoms with van der Waals surface area (Å²) in [6, 6.07) is 12.7. The fraction of sp³-hybridized carbons (Fsp3) is 0.263. The highest BCUT2D eigenvalue weighted by Gasteiger charge is 2.36. The third-order valence-electron chi connectivity index (χ3n) is 4.98. The number of H-pyrrole nitrogens is 1. The Morgan fingerprint density at radius 1 is 1.22 bits per heavy atom. The Hall–Kier alpha value is -2.15. The van der Waals surface area contributed by atoms with E-state index in [1.807, 2.05) is 18.2 Å². The van der Waals surface area contributed by atoms with Gasteiger partial charge in [0.2, 0.25) is 0 Å². The van der Waals surface area contributed by atoms with Gasteiger partial charge in [0, 0.05) is 19.0 Å². The number of imidazole rings is 1. The summed E-state index contributed by atoms with van der Waals surface area (Å²) in [5.74, 6) is -0.268. The zero-order chi connectivity index (χ0) is 17.4. The van der Waals surface area contributed by atoms with Gasteiger partial charge in [0.25, 0.3) is 5.91 Å². The molecule has 1 fully saturated rings. The largest absolute Gasteiger partial charge is 0.344 e. The van der Waals surface area contributed by atoms with Gasteiger partial charge in [-0.1, -0.05) is 30.3 Å². The van der Waals surface area contributed by atoms with Crippen molar-refractivity contribution in [3.63, 3.8) is 0 Å². The molecule has 2 heterocycles. The van der Waals surface area contributed by atoms with E-state index in [-0.39, 0.29) is 42.6 Å². The molecule has 1 aliphatic heterocycles. The number of halogens is 3. The van der Waals surface area contributed by atoms with Crippen LogP contribution < -0.4 is 5.73 Å². The Morgan fingerprint density at radius 3 is 2.67 bits per heavy atom. The van der Waals surface area contributed by atoms with Crippen LogP contribution in [0.15, 0.2) is 48.8 Å². The number of aromatic amines is 1. The van der Waals surface area contributed by atoms with E-state index >= 15 is 0 Å². The lowest BCUT2D eigenvalue weighted by molar-refractivity contribution is 0.0787. The molecule has 1 saturated heterocycles. The molecule has 0 radical (unpaired) electrons. The van der Waals surface area contributed by atoms with E-state index < -0.39 is 5.82 Å². The molecule has 0 aliphatic carbocycles. The van der Waals surface area contributed by atoms with Crippen molar-refractivity contribution in [1.29, 1.82) is 0 Å². The van der Waals surface area contributed by atoms with Crippen molar-refractivity contribution in [2.75, 3.05) is 19.6 Å². The highest BCUT2D eigenvalue weighted by Crippen LogP contribution is 2.33. The second-order valence-electron chi connectivity index (χ2n) is 6.48. The molecule has 5 nitrogen and oxygen atoms in total. The van der Waals surface area contributed by atoms with E-state index in [0.717, 1.165) is 0 Å². The zero-order valence-corrected chi connectivity index (χ0v) is 16.1. The van der Waals surface area contributed by atoms with Crippen molar-refractivity contribution in [3.05, 3.63) is 65.7 Å². The lowest BCUT2D eigenvalue weighted by atomic mass is 9.89. The van der Waals surface area contributed by atoms with Crippen LogP contribution in [0.4, 0.5) is 4.39 Å². The summed E-state index contributed by atoms with van der Waals surface area (Å²) in [6.07, 6.45) is 1.47. The molecule has 1 amide bonds. The molecule has 1 aromatic heterocycles. The number of amides is 1. The maximum absolute atomic E-state index is 13.9. The minimum absolute atomic E-state index is 0. The molecule has 3 N–H and O–H groups in total. The van der Waals surface area contributed by atoms with Gasteiger partial charge in [0.15, 0.2) is 0 Å². The number of fused-ring (bicyclic) bond motifs is 1. The van der Waals surface area contributed by atoms with Crippen molar-refractivity contribution in [2.24, 2.45) is 11.7 Å². The number of nitrogens with zero attached hydrogens (tertiary/aromatic N) is 2. The van der Waals surface area contributed by atoms with Crippen molar-refractivity contribution < 1.29 is 9.18 Å². The minimum atomic E-state index is -0.450. The van der Waals surface area contributed by atoms with Crippen LogP contribution in [0.2, 0.25) is 0 Å². The first-order valence-corrected chi connectivity index (χ1v) is 8.34. The quantitative estimate of drug-likeness (QED) is 0.694. The fourth-order valence-corrected chi connectivity index (χ4v) is 3.70. The summed E-state index contributed by atoms with van der Waals surface area (Å²) in [5, 5.41) is 0. The summed E-state index contributed by atoms with van der Waals surface area (Å²) in [4.78, 5) is 21.8. The number of benzene rings is 2. The zero-order valence-electron chi connectivity index (χ0n) is 14.5. The SMILES string of the molecule is Cl.Cl.NC[C@@H]1CN(C(=O)c2cc(F)cc3[nH]cnc23)C[C@H]1c1ccccc1. The molecule has 2 atom stereocenters. The highest BCUT2D eigenvalue weighted by atomic mass is 35.5. The summed E-state index contributed by atoms with van der Waals surface area (Å²) in [7, 11) is 0. The molecular weight excluding hydrogens is 390 g/mol. The maximum Gasteiger partial charge on any atom is 0.256 e. The van der Waals surface area contributed by atoms with E-state index in [4.69, 9.17) is 5.73 Å². The number of nitrogens with two attached hydrogens (primary N) is 1. The summed E-state index contributed by atoms with van der Waals surface area (Å²) in [5.41, 5.74) is 8.44. The van der Waals surface area contributed by atoms with Gasteiger partial charge in [-0.2, -0.15) is 0 Å². The molecule has 0 saturated carbocycles. The first-order valence-electron chi connectivity index (χ1n) is 8.34. The van der Waals surface area contributed by atoms with Crippen molar-refractivity contribution >= 4 is 41.8 Å². The third kappa shape index (κ3) is 3.93. The van der Waals surface area contributed by atoms with Gasteiger partial charge in [0.1, 0.15) is 11.3 Å². The van der Waals surface area contributed by atoms with Gasteiger partial charge in [0.05, 0.1) is 17.4 Å². The summed E-state index contributed by atoms with van der Waals surface area (Å²) in [6.45, 7) is 1.65. The van der Waals surface area contributed by atoms with Gasteiger partial charge in [-0.05, 0) is 30.2 Å². The highest BCUT2D eigenvalue weighted by molar-refractivity contribution is 6.05. The van der Waals surface area contributed by atoms with E-state index in [1.165, 1.54) is 24.0 Å². The first kappa shape index (κ1) is 21.2. The van der Waals surface area contributed by atoms with Gasteiger partial charge >= 0.3 is 0 Å². The molecule has 4 rings (SSSR count). The first-order chi connectivity index (χ1) is 12.2. The number of nitrogens with one attached hydrogen (secondary N) is 1. The number of hydrogen-bond donors (Lipinski definition) is 2. The maximum atomic E-state index is 13.9. The van der Waals surface area contributed by atoms with Crippen LogP contribution in [0, 0.1) is 11.7 Å². The van der Waals surface area contributed by atoms with Gasteiger partial charge < -0.3 is 15.6 Å². The Morgan fingerprint density at radius 2 is 1.96 bits per heavy atom. The molecule has 144 valence electrons. The topological polar surface area (TPSA) is 75.0 Å². The summed E-state index contributed by atoms with van der Waals surface area (Å²) < 4.78 is 13.9. The van der Waals surface area contributed by atoms with Gasteiger partial charge in [-0.15, -0.1) is 24.8 Å². The molecule has 8 heteroatoms. The predicted molar refractivity (Wildman–Crippen MR) is 108 cm³/mol. The molecule has 0 unspecified atom stereocenters. The monoisotopic (exact) mass is 410 g/mol. The number of carbonyl (C=O) groups is 1. The molecule has 3 aromatic rings. The van der Waals surface area contributed by atoms with Crippen LogP contribution >= 0.6 is 24.8 Å². The molecule has 2 aromatic carbocycles. The van der Waals surface area contributed by atoms with Crippen LogP contribution in [-0.4, -0.2) is 40.4 Å². The predicted octanol–water partition coefficient (Wildman–Crippen LogP) is 3.36. The van der Waals surface area contributed by atoms with Crippen LogP contribution in [0.25, 0.3) is 11.0 Å². The van der Waals surface area contributed by atoms with E-state index in [9.17, 15) is 9.18 Å². The Bertz CT molecular complexity index is 918. The minimum Gasteiger partial charge on any atom is -0.344 e. The second-order valence-corrected chi connectivity index (χ2v) is 6.48. The molecular formula is C19H21Cl2FN4O. The van der Waals surface area contributed by atoms with E-state index in [1.54, 1.807) is 4.90 Å². The molecule has 1 aliphatic rings. The van der Waals surface area contributed by atoms with Crippen LogP contribution in [0.1, 0.15) is 21.8 Å². The van der Waals surface area contributed by atoms with Crippen LogP contribution in [0.3, 0.4) is 0 Å². The number of rotatable bonds is 3. The molecule has 27 heavy (non-hydrogen) atoms. The number of aromatic nitrogens is 2. The van der Waals surface area contributed by atoms with E-state index in [0.29, 0.717) is 36.2 Å². The Balaban J connectivity index is 0.00000131. The van der Waals surface area contributed by atoms with E-state index in [2.05, 4.69) is 22.1 Å². The lowest BCUT2D eigenvalue weighted by Crippen LogP contribution is -2.30. The Labute approximate surface area is 169 Å². The second kappa shape index (κ2) is 8.69. The number of likely N-dealkylation sites (tertiary alicyclic amines) is 1. The molecule has 0 spiro atoms. The van der Waals surface area contributed by atoms with Crippen molar-refractivity contribution in [2.45, 2.75) is 5.92 Å². The third-order valence-corrected chi connectivity index (χ3v) is 4.98. The van der Waals surface area contributed by atoms with Gasteiger partial charge in [-0.25, -0.2) is 9.37 Å². The number of hydrogen-bond acceptors (Lipinski definition) is 3. The standard InChI is InChI=1S/C19H19FN4O.2ClH/c20-14-6-15(18-17(7-14)22-11-23-18)19(25)24-9-13(8-21)16(10-24)12-4-2-1-3-5-12;;/h1-7,11,13,16H,8-10,21H2,(H,22,23);2*1H/t13-,16+;;/m1../s1. The fourth-order valence-electron chi connectivity index (χ4n) is 3.70. The van der Waals surface area contributed by atoms with Crippen LogP contribution in [-0.2, 0) is 0 Å². The molecule has 0 bridgehead atoms. The Kier molecular flexibility index (Phi) is 6.81. The normalized spacial score (nSPS) is 18.8. The van der Waals surface area contributed by atoms with Crippen molar-refractivity contribution in [3.8, 4) is 0 Å². The lowest BCUT2D eigenvalue weighted by Gasteiger charge is -2.17. The van der Waals surface area contributed by atoms with Crippen LogP contribution in [0.5, 0.6) is 0 Å². The average molecular weight is 411 g/mol. The number of carbonyl (C=O) groups excluding carboxylic acids is 1. The average Bonchev–Trinajstić information content (AvgIpc) is 3.27. The summed E-state index contributed by atoms with van der Waals surface area (Å²) >= 11 is 0. The smallest absolute Gasteiger partial charge is 0.256 e. The van der Waals surface area contributed by atoms with Gasteiger partial charge in [-0.3, -0.25) is 4.79 Å².